The van der Waals surface area contributed by atoms with Crippen LogP contribution in [0.25, 0.3) is 22.3 Å². The van der Waals surface area contributed by atoms with Crippen LogP contribution in [0.15, 0.2) is 48.5 Å². The van der Waals surface area contributed by atoms with Gasteiger partial charge in [-0.15, -0.1) is 0 Å². The highest BCUT2D eigenvalue weighted by Gasteiger charge is 2.21. The van der Waals surface area contributed by atoms with E-state index in [4.69, 9.17) is 32.7 Å². The third kappa shape index (κ3) is 3.35. The number of ether oxygens (including phenoxy) is 2. The van der Waals surface area contributed by atoms with Crippen LogP contribution >= 0.6 is 23.2 Å². The number of halogens is 4. The molecule has 0 unspecified atom stereocenters. The zero-order chi connectivity index (χ0) is 18.8. The predicted octanol–water partition coefficient (Wildman–Crippen LogP) is 6.62. The lowest BCUT2D eigenvalue weighted by Crippen LogP contribution is -1.97. The number of methoxy groups -OCH3 is 2. The van der Waals surface area contributed by atoms with Crippen molar-refractivity contribution in [3.8, 4) is 33.8 Å². The van der Waals surface area contributed by atoms with Crippen molar-refractivity contribution >= 4 is 23.2 Å². The topological polar surface area (TPSA) is 18.5 Å². The molecule has 0 aliphatic heterocycles. The summed E-state index contributed by atoms with van der Waals surface area (Å²) >= 11 is 12.4. The largest absolute Gasteiger partial charge is 0.496 e. The number of benzene rings is 3. The minimum Gasteiger partial charge on any atom is -0.496 e. The molecule has 6 heteroatoms. The lowest BCUT2D eigenvalue weighted by Gasteiger charge is -2.19. The minimum atomic E-state index is -0.958. The Labute approximate surface area is 159 Å². The van der Waals surface area contributed by atoms with Crippen molar-refractivity contribution in [2.45, 2.75) is 0 Å². The number of hydrogen-bond donors (Lipinski definition) is 0. The second-order valence-electron chi connectivity index (χ2n) is 5.47. The van der Waals surface area contributed by atoms with Crippen molar-refractivity contribution in [3.05, 3.63) is 70.2 Å². The van der Waals surface area contributed by atoms with Crippen molar-refractivity contribution in [2.24, 2.45) is 0 Å². The molecule has 0 amide bonds. The Balaban J connectivity index is 2.39. The standard InChI is InChI=1S/C20H14Cl2F2O2/c1-25-17-7-8-18(26-2)20(13-5-4-12(21)10-14(13)22)19(17)11-3-6-15(23)16(24)9-11/h3-10H,1-2H3. The summed E-state index contributed by atoms with van der Waals surface area (Å²) in [5.74, 6) is -0.908. The first-order valence-electron chi connectivity index (χ1n) is 7.62. The highest BCUT2D eigenvalue weighted by molar-refractivity contribution is 6.36. The predicted molar refractivity (Wildman–Crippen MR) is 100 cm³/mol. The van der Waals surface area contributed by atoms with Crippen molar-refractivity contribution < 1.29 is 18.3 Å². The van der Waals surface area contributed by atoms with E-state index in [1.165, 1.54) is 20.3 Å². The van der Waals surface area contributed by atoms with E-state index in [-0.39, 0.29) is 0 Å². The maximum atomic E-state index is 13.9. The van der Waals surface area contributed by atoms with Gasteiger partial charge in [-0.05, 0) is 42.0 Å². The van der Waals surface area contributed by atoms with Crippen molar-refractivity contribution in [1.82, 2.24) is 0 Å². The molecule has 0 aromatic heterocycles. The molecule has 3 rings (SSSR count). The summed E-state index contributed by atoms with van der Waals surface area (Å²) in [6.45, 7) is 0. The molecule has 134 valence electrons. The third-order valence-corrected chi connectivity index (χ3v) is 4.53. The molecule has 0 atom stereocenters. The van der Waals surface area contributed by atoms with Gasteiger partial charge in [-0.2, -0.15) is 0 Å². The first kappa shape index (κ1) is 18.5. The monoisotopic (exact) mass is 394 g/mol. The van der Waals surface area contributed by atoms with Crippen LogP contribution in [0.3, 0.4) is 0 Å². The van der Waals surface area contributed by atoms with Crippen LogP contribution in [0.5, 0.6) is 11.5 Å². The molecule has 0 fully saturated rings. The SMILES string of the molecule is COc1ccc(OC)c(-c2ccc(Cl)cc2Cl)c1-c1ccc(F)c(F)c1. The van der Waals surface area contributed by atoms with Gasteiger partial charge in [0, 0.05) is 21.7 Å². The first-order chi connectivity index (χ1) is 12.5. The van der Waals surface area contributed by atoms with Crippen LogP contribution in [0, 0.1) is 11.6 Å². The molecular weight excluding hydrogens is 381 g/mol. The van der Waals surface area contributed by atoms with E-state index in [1.54, 1.807) is 30.3 Å². The lowest BCUT2D eigenvalue weighted by molar-refractivity contribution is 0.406. The van der Waals surface area contributed by atoms with Gasteiger partial charge < -0.3 is 9.47 Å². The van der Waals surface area contributed by atoms with Gasteiger partial charge in [-0.25, -0.2) is 8.78 Å². The smallest absolute Gasteiger partial charge is 0.159 e. The Morgan fingerprint density at radius 3 is 1.96 bits per heavy atom. The van der Waals surface area contributed by atoms with Gasteiger partial charge >= 0.3 is 0 Å². The van der Waals surface area contributed by atoms with E-state index in [1.807, 2.05) is 0 Å². The average molecular weight is 395 g/mol. The van der Waals surface area contributed by atoms with E-state index < -0.39 is 11.6 Å². The van der Waals surface area contributed by atoms with E-state index in [9.17, 15) is 8.78 Å². The number of hydrogen-bond acceptors (Lipinski definition) is 2. The summed E-state index contributed by atoms with van der Waals surface area (Å²) in [5, 5.41) is 0.878. The lowest BCUT2D eigenvalue weighted by atomic mass is 9.92. The number of rotatable bonds is 4. The maximum absolute atomic E-state index is 13.9. The first-order valence-corrected chi connectivity index (χ1v) is 8.37. The van der Waals surface area contributed by atoms with Crippen LogP contribution < -0.4 is 9.47 Å². The van der Waals surface area contributed by atoms with Gasteiger partial charge in [-0.1, -0.05) is 35.3 Å². The van der Waals surface area contributed by atoms with Crippen LogP contribution in [0.1, 0.15) is 0 Å². The van der Waals surface area contributed by atoms with Crippen molar-refractivity contribution in [1.29, 1.82) is 0 Å². The van der Waals surface area contributed by atoms with Gasteiger partial charge in [0.1, 0.15) is 11.5 Å². The van der Waals surface area contributed by atoms with Crippen molar-refractivity contribution in [3.63, 3.8) is 0 Å². The summed E-state index contributed by atoms with van der Waals surface area (Å²) in [7, 11) is 3.02. The molecule has 3 aromatic rings. The Morgan fingerprint density at radius 2 is 1.38 bits per heavy atom. The fourth-order valence-corrected chi connectivity index (χ4v) is 3.31. The molecule has 0 N–H and O–H groups in total. The molecule has 26 heavy (non-hydrogen) atoms. The highest BCUT2D eigenvalue weighted by Crippen LogP contribution is 2.47. The van der Waals surface area contributed by atoms with Crippen molar-refractivity contribution in [2.75, 3.05) is 14.2 Å². The van der Waals surface area contributed by atoms with E-state index in [0.29, 0.717) is 43.8 Å². The Bertz CT molecular complexity index is 974. The normalized spacial score (nSPS) is 10.7. The van der Waals surface area contributed by atoms with Gasteiger partial charge in [0.15, 0.2) is 11.6 Å². The van der Waals surface area contributed by atoms with Crippen LogP contribution in [-0.4, -0.2) is 14.2 Å². The van der Waals surface area contributed by atoms with E-state index in [0.717, 1.165) is 12.1 Å². The van der Waals surface area contributed by atoms with Gasteiger partial charge in [-0.3, -0.25) is 0 Å². The highest BCUT2D eigenvalue weighted by atomic mass is 35.5. The maximum Gasteiger partial charge on any atom is 0.159 e. The Morgan fingerprint density at radius 1 is 0.731 bits per heavy atom. The van der Waals surface area contributed by atoms with E-state index in [2.05, 4.69) is 0 Å². The second-order valence-corrected chi connectivity index (χ2v) is 6.32. The molecule has 0 saturated carbocycles. The quantitative estimate of drug-likeness (QED) is 0.494. The molecule has 0 heterocycles. The van der Waals surface area contributed by atoms with Gasteiger partial charge in [0.05, 0.1) is 19.2 Å². The molecule has 0 spiro atoms. The molecule has 0 aliphatic carbocycles. The van der Waals surface area contributed by atoms with Gasteiger partial charge in [0.2, 0.25) is 0 Å². The molecular formula is C20H14Cl2F2O2. The third-order valence-electron chi connectivity index (χ3n) is 3.98. The zero-order valence-corrected chi connectivity index (χ0v) is 15.5. The molecule has 0 aliphatic rings. The summed E-state index contributed by atoms with van der Waals surface area (Å²) in [6, 6.07) is 12.1. The summed E-state index contributed by atoms with van der Waals surface area (Å²) in [6.07, 6.45) is 0. The van der Waals surface area contributed by atoms with Crippen LogP contribution in [0.2, 0.25) is 10.0 Å². The molecule has 0 saturated heterocycles. The minimum absolute atomic E-state index is 0.396. The van der Waals surface area contributed by atoms with Crippen LogP contribution in [-0.2, 0) is 0 Å². The zero-order valence-electron chi connectivity index (χ0n) is 13.9. The van der Waals surface area contributed by atoms with E-state index >= 15 is 0 Å². The fourth-order valence-electron chi connectivity index (χ4n) is 2.80. The van der Waals surface area contributed by atoms with Crippen LogP contribution in [0.4, 0.5) is 8.78 Å². The Hall–Kier alpha value is -2.30. The fraction of sp³-hybridized carbons (Fsp3) is 0.100. The average Bonchev–Trinajstić information content (AvgIpc) is 2.63. The molecule has 2 nitrogen and oxygen atoms in total. The van der Waals surface area contributed by atoms with Gasteiger partial charge in [0.25, 0.3) is 0 Å². The summed E-state index contributed by atoms with van der Waals surface area (Å²) in [4.78, 5) is 0. The molecule has 3 aromatic carbocycles. The Kier molecular flexibility index (Phi) is 5.35. The molecule has 0 bridgehead atoms. The summed E-state index contributed by atoms with van der Waals surface area (Å²) in [5.41, 5.74) is 2.20. The second kappa shape index (κ2) is 7.52. The summed E-state index contributed by atoms with van der Waals surface area (Å²) < 4.78 is 38.2. The molecule has 0 radical (unpaired) electrons.